The Morgan fingerprint density at radius 2 is 1.58 bits per heavy atom. The number of methoxy groups -OCH3 is 1. The number of benzene rings is 2. The quantitative estimate of drug-likeness (QED) is 0.375. The molecule has 204 valence electrons. The largest absolute Gasteiger partial charge is 0.497 e. The first-order valence-corrected chi connectivity index (χ1v) is 14.3. The number of amides is 1. The van der Waals surface area contributed by atoms with Gasteiger partial charge < -0.3 is 14.1 Å². The summed E-state index contributed by atoms with van der Waals surface area (Å²) in [6.45, 7) is 7.25. The predicted octanol–water partition coefficient (Wildman–Crippen LogP) is 4.59. The van der Waals surface area contributed by atoms with E-state index in [4.69, 9.17) is 9.15 Å². The number of hydrogen-bond acceptors (Lipinski definition) is 6. The van der Waals surface area contributed by atoms with Crippen molar-refractivity contribution in [3.63, 3.8) is 0 Å². The number of carbonyl (C=O) groups is 1. The van der Waals surface area contributed by atoms with Crippen molar-refractivity contribution in [1.29, 1.82) is 0 Å². The van der Waals surface area contributed by atoms with E-state index in [-0.39, 0.29) is 17.3 Å². The number of likely N-dealkylation sites (tertiary alicyclic amines) is 1. The molecule has 1 aliphatic heterocycles. The highest BCUT2D eigenvalue weighted by atomic mass is 32.2. The van der Waals surface area contributed by atoms with Crippen molar-refractivity contribution < 1.29 is 22.4 Å². The van der Waals surface area contributed by atoms with Crippen LogP contribution in [0.15, 0.2) is 58.0 Å². The second kappa shape index (κ2) is 11.7. The summed E-state index contributed by atoms with van der Waals surface area (Å²) in [7, 11) is 1.02. The van der Waals surface area contributed by atoms with Gasteiger partial charge in [-0.2, -0.15) is 4.31 Å². The first kappa shape index (κ1) is 27.9. The van der Waals surface area contributed by atoms with Crippen molar-refractivity contribution in [2.45, 2.75) is 51.2 Å². The smallest absolute Gasteiger partial charge is 0.257 e. The van der Waals surface area contributed by atoms with Gasteiger partial charge in [0.25, 0.3) is 5.91 Å². The van der Waals surface area contributed by atoms with E-state index in [9.17, 15) is 13.2 Å². The Labute approximate surface area is 225 Å². The molecule has 0 saturated carbocycles. The number of sulfonamides is 1. The second-order valence-electron chi connectivity index (χ2n) is 10.1. The fraction of sp³-hybridized carbons (Fsp3) is 0.414. The van der Waals surface area contributed by atoms with Gasteiger partial charge in [-0.1, -0.05) is 24.3 Å². The lowest BCUT2D eigenvalue weighted by Gasteiger charge is -2.20. The summed E-state index contributed by atoms with van der Waals surface area (Å²) in [5.74, 6) is 0.814. The molecule has 9 heteroatoms. The Morgan fingerprint density at radius 3 is 2.18 bits per heavy atom. The molecule has 0 aliphatic carbocycles. The van der Waals surface area contributed by atoms with E-state index in [1.807, 2.05) is 0 Å². The molecule has 0 bridgehead atoms. The van der Waals surface area contributed by atoms with Gasteiger partial charge in [-0.3, -0.25) is 9.69 Å². The van der Waals surface area contributed by atoms with Gasteiger partial charge in [0.1, 0.15) is 17.8 Å². The molecule has 3 aromatic rings. The number of rotatable bonds is 10. The van der Waals surface area contributed by atoms with Gasteiger partial charge in [0.2, 0.25) is 10.0 Å². The normalized spacial score (nSPS) is 14.3. The van der Waals surface area contributed by atoms with Gasteiger partial charge in [-0.25, -0.2) is 8.42 Å². The summed E-state index contributed by atoms with van der Waals surface area (Å²) in [6, 6.07) is 13.4. The van der Waals surface area contributed by atoms with Crippen molar-refractivity contribution >= 4 is 15.9 Å². The van der Waals surface area contributed by atoms with Crippen LogP contribution < -0.4 is 4.74 Å². The average molecular weight is 540 g/mol. The second-order valence-corrected chi connectivity index (χ2v) is 12.1. The fourth-order valence-corrected chi connectivity index (χ4v) is 6.53. The first-order chi connectivity index (χ1) is 18.1. The van der Waals surface area contributed by atoms with Crippen molar-refractivity contribution in [3.8, 4) is 5.75 Å². The average Bonchev–Trinajstić information content (AvgIpc) is 3.56. The number of aryl methyl sites for hydroxylation is 2. The van der Waals surface area contributed by atoms with Crippen molar-refractivity contribution in [3.05, 3.63) is 82.3 Å². The molecular formula is C29H37N3O5S. The van der Waals surface area contributed by atoms with E-state index in [1.165, 1.54) is 36.0 Å². The van der Waals surface area contributed by atoms with Crippen LogP contribution in [0.2, 0.25) is 0 Å². The lowest BCUT2D eigenvalue weighted by molar-refractivity contribution is 0.0784. The Bertz CT molecular complexity index is 1350. The van der Waals surface area contributed by atoms with Crippen LogP contribution in [0.5, 0.6) is 5.75 Å². The third-order valence-corrected chi connectivity index (χ3v) is 9.12. The summed E-state index contributed by atoms with van der Waals surface area (Å²) in [6.07, 6.45) is 3.93. The molecule has 2 heterocycles. The van der Waals surface area contributed by atoms with Gasteiger partial charge in [0, 0.05) is 27.2 Å². The van der Waals surface area contributed by atoms with E-state index in [2.05, 4.69) is 29.2 Å². The zero-order valence-corrected chi connectivity index (χ0v) is 23.7. The first-order valence-electron chi connectivity index (χ1n) is 12.8. The van der Waals surface area contributed by atoms with Crippen LogP contribution in [0.3, 0.4) is 0 Å². The highest BCUT2D eigenvalue weighted by Gasteiger charge is 2.27. The number of ether oxygens (including phenoxy) is 1. The standard InChI is InChI=1S/C29H37N3O5S/c1-21-14-26(36-5)15-22(2)28(21)38(34,35)31(4)19-27-16-25(20-37-27)29(33)30(3)17-23-8-10-24(11-9-23)18-32-12-6-7-13-32/h8-11,14-16,20H,6-7,12-13,17-19H2,1-5H3. The van der Waals surface area contributed by atoms with Gasteiger partial charge in [0.05, 0.1) is 24.1 Å². The van der Waals surface area contributed by atoms with E-state index >= 15 is 0 Å². The van der Waals surface area contributed by atoms with E-state index in [1.54, 1.807) is 51.1 Å². The number of carbonyl (C=O) groups excluding carboxylic acids is 1. The molecule has 38 heavy (non-hydrogen) atoms. The molecule has 1 saturated heterocycles. The predicted molar refractivity (Wildman–Crippen MR) is 147 cm³/mol. The Kier molecular flexibility index (Phi) is 8.60. The molecule has 0 spiro atoms. The maximum Gasteiger partial charge on any atom is 0.257 e. The van der Waals surface area contributed by atoms with Crippen LogP contribution in [0, 0.1) is 13.8 Å². The van der Waals surface area contributed by atoms with Crippen LogP contribution in [0.4, 0.5) is 0 Å². The van der Waals surface area contributed by atoms with Gasteiger partial charge >= 0.3 is 0 Å². The van der Waals surface area contributed by atoms with Crippen molar-refractivity contribution in [1.82, 2.24) is 14.1 Å². The number of hydrogen-bond donors (Lipinski definition) is 0. The lowest BCUT2D eigenvalue weighted by Crippen LogP contribution is -2.28. The lowest BCUT2D eigenvalue weighted by atomic mass is 10.1. The number of nitrogens with zero attached hydrogens (tertiary/aromatic N) is 3. The zero-order valence-electron chi connectivity index (χ0n) is 22.9. The van der Waals surface area contributed by atoms with Crippen LogP contribution in [0.25, 0.3) is 0 Å². The zero-order chi connectivity index (χ0) is 27.4. The summed E-state index contributed by atoms with van der Waals surface area (Å²) in [4.78, 5) is 17.4. The Morgan fingerprint density at radius 1 is 0.974 bits per heavy atom. The molecule has 8 nitrogen and oxygen atoms in total. The molecule has 0 unspecified atom stereocenters. The van der Waals surface area contributed by atoms with Crippen LogP contribution in [0.1, 0.15) is 51.2 Å². The molecule has 1 fully saturated rings. The minimum Gasteiger partial charge on any atom is -0.497 e. The fourth-order valence-electron chi connectivity index (χ4n) is 4.99. The number of furan rings is 1. The minimum atomic E-state index is -3.78. The molecule has 0 radical (unpaired) electrons. The van der Waals surface area contributed by atoms with Gasteiger partial charge in [0.15, 0.2) is 0 Å². The highest BCUT2D eigenvalue weighted by molar-refractivity contribution is 7.89. The third kappa shape index (κ3) is 6.28. The SMILES string of the molecule is COc1cc(C)c(S(=O)(=O)N(C)Cc2cc(C(=O)N(C)Cc3ccc(CN4CCCC4)cc3)co2)c(C)c1. The van der Waals surface area contributed by atoms with E-state index in [0.29, 0.717) is 34.7 Å². The van der Waals surface area contributed by atoms with Gasteiger partial charge in [-0.15, -0.1) is 0 Å². The Balaban J connectivity index is 1.38. The summed E-state index contributed by atoms with van der Waals surface area (Å²) >= 11 is 0. The Hall–Kier alpha value is -3.14. The topological polar surface area (TPSA) is 83.3 Å². The van der Waals surface area contributed by atoms with E-state index < -0.39 is 10.0 Å². The minimum absolute atomic E-state index is 0.00270. The molecule has 4 rings (SSSR count). The van der Waals surface area contributed by atoms with Crippen molar-refractivity contribution in [2.75, 3.05) is 34.3 Å². The molecule has 0 atom stereocenters. The molecule has 2 aromatic carbocycles. The van der Waals surface area contributed by atoms with Crippen molar-refractivity contribution in [2.24, 2.45) is 0 Å². The molecule has 1 aliphatic rings. The molecular weight excluding hydrogens is 502 g/mol. The summed E-state index contributed by atoms with van der Waals surface area (Å²) in [5.41, 5.74) is 3.93. The van der Waals surface area contributed by atoms with Crippen LogP contribution in [-0.4, -0.2) is 62.7 Å². The third-order valence-electron chi connectivity index (χ3n) is 7.01. The highest BCUT2D eigenvalue weighted by Crippen LogP contribution is 2.28. The van der Waals surface area contributed by atoms with Gasteiger partial charge in [-0.05, 0) is 80.2 Å². The maximum atomic E-state index is 13.3. The molecule has 0 N–H and O–H groups in total. The summed E-state index contributed by atoms with van der Waals surface area (Å²) in [5, 5.41) is 0. The van der Waals surface area contributed by atoms with Crippen LogP contribution in [-0.2, 0) is 29.7 Å². The summed E-state index contributed by atoms with van der Waals surface area (Å²) < 4.78 is 38.7. The monoisotopic (exact) mass is 539 g/mol. The molecule has 1 aromatic heterocycles. The van der Waals surface area contributed by atoms with E-state index in [0.717, 1.165) is 25.2 Å². The van der Waals surface area contributed by atoms with Crippen LogP contribution >= 0.6 is 0 Å². The molecule has 1 amide bonds. The maximum absolute atomic E-state index is 13.3.